The van der Waals surface area contributed by atoms with E-state index in [1.54, 1.807) is 24.5 Å². The van der Waals surface area contributed by atoms with Crippen molar-refractivity contribution in [1.29, 1.82) is 0 Å². The number of aryl methyl sites for hydroxylation is 2. The zero-order valence-corrected chi connectivity index (χ0v) is 15.4. The lowest BCUT2D eigenvalue weighted by molar-refractivity contribution is -0.132. The molecule has 0 aliphatic carbocycles. The number of H-pyrrole nitrogens is 1. The van der Waals surface area contributed by atoms with Gasteiger partial charge in [0.25, 0.3) is 5.56 Å². The third kappa shape index (κ3) is 3.77. The second-order valence-electron chi connectivity index (χ2n) is 7.18. The molecule has 3 aromatic heterocycles. The van der Waals surface area contributed by atoms with Crippen molar-refractivity contribution in [3.05, 3.63) is 58.4 Å². The number of piperidine rings is 1. The van der Waals surface area contributed by atoms with Crippen molar-refractivity contribution in [3.8, 4) is 0 Å². The van der Waals surface area contributed by atoms with Gasteiger partial charge in [-0.1, -0.05) is 0 Å². The molecule has 0 atom stereocenters. The highest BCUT2D eigenvalue weighted by molar-refractivity contribution is 5.77. The van der Waals surface area contributed by atoms with Crippen LogP contribution in [0.3, 0.4) is 0 Å². The predicted octanol–water partition coefficient (Wildman–Crippen LogP) is 2.22. The van der Waals surface area contributed by atoms with E-state index in [0.717, 1.165) is 29.6 Å². The van der Waals surface area contributed by atoms with Crippen LogP contribution in [0, 0.1) is 6.92 Å². The number of carbonyl (C=O) groups is 1. The maximum atomic E-state index is 12.5. The molecule has 3 aromatic rings. The van der Waals surface area contributed by atoms with Gasteiger partial charge in [0.05, 0.1) is 17.1 Å². The first-order valence-corrected chi connectivity index (χ1v) is 9.35. The first kappa shape index (κ1) is 17.5. The van der Waals surface area contributed by atoms with Gasteiger partial charge in [-0.25, -0.2) is 0 Å². The van der Waals surface area contributed by atoms with Crippen molar-refractivity contribution in [2.24, 2.45) is 0 Å². The second-order valence-corrected chi connectivity index (χ2v) is 7.18. The third-order valence-corrected chi connectivity index (χ3v) is 5.24. The van der Waals surface area contributed by atoms with Gasteiger partial charge in [0.15, 0.2) is 0 Å². The molecular weight excluding hydrogens is 342 g/mol. The maximum Gasteiger partial charge on any atom is 0.257 e. The van der Waals surface area contributed by atoms with Crippen LogP contribution in [0.1, 0.15) is 36.4 Å². The SMILES string of the molecule is Cc1cnn(CCC(=O)N2CCC(c3cc4ncccc4c(=O)[nH]3)CC2)c1. The van der Waals surface area contributed by atoms with Gasteiger partial charge >= 0.3 is 0 Å². The summed E-state index contributed by atoms with van der Waals surface area (Å²) in [7, 11) is 0. The van der Waals surface area contributed by atoms with Crippen LogP contribution in [-0.4, -0.2) is 43.6 Å². The smallest absolute Gasteiger partial charge is 0.257 e. The summed E-state index contributed by atoms with van der Waals surface area (Å²) in [5.74, 6) is 0.414. The van der Waals surface area contributed by atoms with Crippen LogP contribution in [0.4, 0.5) is 0 Å². The molecule has 0 radical (unpaired) electrons. The number of rotatable bonds is 4. The van der Waals surface area contributed by atoms with Crippen LogP contribution in [0.15, 0.2) is 41.6 Å². The molecule has 0 aromatic carbocycles. The molecule has 7 nitrogen and oxygen atoms in total. The number of nitrogens with zero attached hydrogens (tertiary/aromatic N) is 4. The van der Waals surface area contributed by atoms with Crippen molar-refractivity contribution in [1.82, 2.24) is 24.6 Å². The Morgan fingerprint density at radius 3 is 2.89 bits per heavy atom. The van der Waals surface area contributed by atoms with E-state index >= 15 is 0 Å². The molecule has 4 rings (SSSR count). The van der Waals surface area contributed by atoms with E-state index in [4.69, 9.17) is 0 Å². The number of fused-ring (bicyclic) bond motifs is 1. The van der Waals surface area contributed by atoms with Gasteiger partial charge in [0, 0.05) is 50.1 Å². The fourth-order valence-electron chi connectivity index (χ4n) is 3.72. The van der Waals surface area contributed by atoms with E-state index in [9.17, 15) is 9.59 Å². The number of carbonyl (C=O) groups excluding carboxylic acids is 1. The minimum Gasteiger partial charge on any atom is -0.343 e. The Labute approximate surface area is 157 Å². The average Bonchev–Trinajstić information content (AvgIpc) is 3.11. The fraction of sp³-hybridized carbons (Fsp3) is 0.400. The minimum atomic E-state index is -0.0939. The Kier molecular flexibility index (Phi) is 4.75. The highest BCUT2D eigenvalue weighted by Crippen LogP contribution is 2.27. The summed E-state index contributed by atoms with van der Waals surface area (Å²) in [5, 5.41) is 4.84. The summed E-state index contributed by atoms with van der Waals surface area (Å²) < 4.78 is 1.81. The normalized spacial score (nSPS) is 15.4. The molecule has 1 aliphatic heterocycles. The first-order chi connectivity index (χ1) is 13.1. The quantitative estimate of drug-likeness (QED) is 0.768. The summed E-state index contributed by atoms with van der Waals surface area (Å²) in [4.78, 5) is 34.0. The van der Waals surface area contributed by atoms with E-state index in [1.165, 1.54) is 0 Å². The van der Waals surface area contributed by atoms with Crippen LogP contribution in [0.25, 0.3) is 10.9 Å². The van der Waals surface area contributed by atoms with Crippen LogP contribution in [0.2, 0.25) is 0 Å². The topological polar surface area (TPSA) is 83.9 Å². The number of nitrogens with one attached hydrogen (secondary N) is 1. The number of hydrogen-bond acceptors (Lipinski definition) is 4. The Balaban J connectivity index is 1.37. The van der Waals surface area contributed by atoms with Crippen molar-refractivity contribution in [3.63, 3.8) is 0 Å². The monoisotopic (exact) mass is 365 g/mol. The Morgan fingerprint density at radius 2 is 2.15 bits per heavy atom. The average molecular weight is 365 g/mol. The predicted molar refractivity (Wildman–Crippen MR) is 102 cm³/mol. The van der Waals surface area contributed by atoms with Crippen molar-refractivity contribution >= 4 is 16.8 Å². The number of aromatic amines is 1. The van der Waals surface area contributed by atoms with Gasteiger partial charge in [-0.05, 0) is 43.5 Å². The number of aromatic nitrogens is 4. The van der Waals surface area contributed by atoms with E-state index in [2.05, 4.69) is 15.1 Å². The molecule has 1 N–H and O–H groups in total. The van der Waals surface area contributed by atoms with Crippen molar-refractivity contribution < 1.29 is 4.79 Å². The summed E-state index contributed by atoms with van der Waals surface area (Å²) in [5.41, 5.74) is 2.65. The molecular formula is C20H23N5O2. The number of amides is 1. The third-order valence-electron chi connectivity index (χ3n) is 5.24. The number of pyridine rings is 2. The number of hydrogen-bond donors (Lipinski definition) is 1. The Morgan fingerprint density at radius 1 is 1.33 bits per heavy atom. The minimum absolute atomic E-state index is 0.0939. The lowest BCUT2D eigenvalue weighted by atomic mass is 9.92. The van der Waals surface area contributed by atoms with Crippen LogP contribution >= 0.6 is 0 Å². The summed E-state index contributed by atoms with van der Waals surface area (Å²) in [6.45, 7) is 4.02. The molecule has 1 fully saturated rings. The van der Waals surface area contributed by atoms with Gasteiger partial charge in [0.1, 0.15) is 0 Å². The highest BCUT2D eigenvalue weighted by atomic mass is 16.2. The standard InChI is InChI=1S/C20H23N5O2/c1-14-12-22-25(13-14)10-6-19(26)24-8-4-15(5-9-24)17-11-18-16(20(27)23-17)3-2-7-21-18/h2-3,7,11-13,15H,4-6,8-10H2,1H3,(H,23,27). The zero-order valence-electron chi connectivity index (χ0n) is 15.4. The molecule has 0 saturated carbocycles. The van der Waals surface area contributed by atoms with Crippen molar-refractivity contribution in [2.45, 2.75) is 38.6 Å². The molecule has 4 heterocycles. The number of likely N-dealkylation sites (tertiary alicyclic amines) is 1. The highest BCUT2D eigenvalue weighted by Gasteiger charge is 2.24. The van der Waals surface area contributed by atoms with Gasteiger partial charge in [0.2, 0.25) is 5.91 Å². The van der Waals surface area contributed by atoms with Crippen LogP contribution < -0.4 is 5.56 Å². The zero-order chi connectivity index (χ0) is 18.8. The molecule has 27 heavy (non-hydrogen) atoms. The second kappa shape index (κ2) is 7.34. The Bertz CT molecular complexity index is 1010. The van der Waals surface area contributed by atoms with Crippen molar-refractivity contribution in [2.75, 3.05) is 13.1 Å². The first-order valence-electron chi connectivity index (χ1n) is 9.35. The lowest BCUT2D eigenvalue weighted by Crippen LogP contribution is -2.38. The van der Waals surface area contributed by atoms with Gasteiger partial charge in [-0.15, -0.1) is 0 Å². The van der Waals surface area contributed by atoms with E-state index in [-0.39, 0.29) is 17.4 Å². The van der Waals surface area contributed by atoms with E-state index < -0.39 is 0 Å². The summed E-state index contributed by atoms with van der Waals surface area (Å²) in [6, 6.07) is 5.53. The molecule has 0 spiro atoms. The van der Waals surface area contributed by atoms with E-state index in [0.29, 0.717) is 31.4 Å². The summed E-state index contributed by atoms with van der Waals surface area (Å²) >= 11 is 0. The van der Waals surface area contributed by atoms with Crippen LogP contribution in [0.5, 0.6) is 0 Å². The van der Waals surface area contributed by atoms with Gasteiger partial charge < -0.3 is 9.88 Å². The molecule has 1 amide bonds. The fourth-order valence-corrected chi connectivity index (χ4v) is 3.72. The molecule has 7 heteroatoms. The Hall–Kier alpha value is -2.96. The van der Waals surface area contributed by atoms with E-state index in [1.807, 2.05) is 28.8 Å². The largest absolute Gasteiger partial charge is 0.343 e. The van der Waals surface area contributed by atoms with Gasteiger partial charge in [-0.3, -0.25) is 19.3 Å². The molecule has 1 aliphatic rings. The van der Waals surface area contributed by atoms with Crippen LogP contribution in [-0.2, 0) is 11.3 Å². The molecule has 140 valence electrons. The summed E-state index contributed by atoms with van der Waals surface area (Å²) in [6.07, 6.45) is 7.61. The van der Waals surface area contributed by atoms with Gasteiger partial charge in [-0.2, -0.15) is 5.10 Å². The molecule has 0 bridgehead atoms. The molecule has 1 saturated heterocycles. The maximum absolute atomic E-state index is 12.5. The molecule has 0 unspecified atom stereocenters. The lowest BCUT2D eigenvalue weighted by Gasteiger charge is -2.32.